The van der Waals surface area contributed by atoms with Crippen LogP contribution in [0.15, 0.2) is 78.9 Å². The summed E-state index contributed by atoms with van der Waals surface area (Å²) in [5, 5.41) is 5.39. The van der Waals surface area contributed by atoms with Gasteiger partial charge in [-0.15, -0.1) is 0 Å². The van der Waals surface area contributed by atoms with E-state index in [-0.39, 0.29) is 10.7 Å². The Bertz CT molecular complexity index is 947. The number of carbonyl (C=O) groups excluding carboxylic acids is 1. The molecule has 0 radical (unpaired) electrons. The predicted molar refractivity (Wildman–Crippen MR) is 104 cm³/mol. The third kappa shape index (κ3) is 4.84. The number of halogens is 4. The van der Waals surface area contributed by atoms with Crippen LogP contribution in [0.4, 0.5) is 24.5 Å². The third-order valence-corrected chi connectivity index (χ3v) is 4.26. The van der Waals surface area contributed by atoms with Crippen molar-refractivity contribution in [2.75, 3.05) is 10.6 Å². The van der Waals surface area contributed by atoms with Crippen molar-refractivity contribution in [2.45, 2.75) is 12.2 Å². The summed E-state index contributed by atoms with van der Waals surface area (Å²) >= 11 is 5.70. The zero-order valence-electron chi connectivity index (χ0n) is 14.5. The van der Waals surface area contributed by atoms with Crippen LogP contribution in [0.1, 0.15) is 17.2 Å². The van der Waals surface area contributed by atoms with Crippen LogP contribution in [0.3, 0.4) is 0 Å². The van der Waals surface area contributed by atoms with Crippen molar-refractivity contribution >= 4 is 28.9 Å². The quantitative estimate of drug-likeness (QED) is 0.535. The highest BCUT2D eigenvalue weighted by atomic mass is 35.5. The molecule has 0 aliphatic carbocycles. The average molecular weight is 405 g/mol. The molecule has 0 unspecified atom stereocenters. The monoisotopic (exact) mass is 404 g/mol. The number of para-hydroxylation sites is 1. The molecule has 0 spiro atoms. The van der Waals surface area contributed by atoms with Crippen molar-refractivity contribution in [3.8, 4) is 0 Å². The Balaban J connectivity index is 1.93. The van der Waals surface area contributed by atoms with E-state index < -0.39 is 23.7 Å². The first kappa shape index (κ1) is 19.8. The molecule has 144 valence electrons. The van der Waals surface area contributed by atoms with E-state index in [1.54, 1.807) is 54.6 Å². The molecule has 3 nitrogen and oxygen atoms in total. The van der Waals surface area contributed by atoms with E-state index >= 15 is 0 Å². The number of benzene rings is 3. The maximum atomic E-state index is 13.3. The fourth-order valence-electron chi connectivity index (χ4n) is 2.71. The summed E-state index contributed by atoms with van der Waals surface area (Å²) in [6.07, 6.45) is -4.65. The maximum absolute atomic E-state index is 13.3. The van der Waals surface area contributed by atoms with Gasteiger partial charge in [-0.2, -0.15) is 13.2 Å². The number of carbonyl (C=O) groups is 1. The number of anilines is 2. The molecule has 3 aromatic rings. The van der Waals surface area contributed by atoms with Gasteiger partial charge in [0.15, 0.2) is 0 Å². The normalized spacial score (nSPS) is 12.3. The molecular formula is C21H16ClF3N2O. The van der Waals surface area contributed by atoms with Crippen molar-refractivity contribution < 1.29 is 18.0 Å². The van der Waals surface area contributed by atoms with Crippen molar-refractivity contribution in [1.29, 1.82) is 0 Å². The van der Waals surface area contributed by atoms with Crippen molar-refractivity contribution in [3.05, 3.63) is 95.0 Å². The number of nitrogens with one attached hydrogen (secondary N) is 2. The topological polar surface area (TPSA) is 41.1 Å². The lowest BCUT2D eigenvalue weighted by atomic mass is 10.0. The second-order valence-electron chi connectivity index (χ2n) is 6.03. The number of amides is 1. The molecule has 3 aromatic carbocycles. The number of alkyl halides is 3. The van der Waals surface area contributed by atoms with Crippen LogP contribution in [-0.2, 0) is 11.0 Å². The summed E-state index contributed by atoms with van der Waals surface area (Å²) in [5.74, 6) is -0.622. The zero-order chi connectivity index (χ0) is 20.1. The Morgan fingerprint density at radius 3 is 2.11 bits per heavy atom. The molecule has 1 amide bonds. The minimum atomic E-state index is -4.65. The van der Waals surface area contributed by atoms with Crippen LogP contribution in [0.25, 0.3) is 0 Å². The van der Waals surface area contributed by atoms with Gasteiger partial charge >= 0.3 is 6.18 Å². The number of rotatable bonds is 5. The Morgan fingerprint density at radius 1 is 0.893 bits per heavy atom. The van der Waals surface area contributed by atoms with Crippen molar-refractivity contribution in [3.63, 3.8) is 0 Å². The molecule has 0 aliphatic rings. The van der Waals surface area contributed by atoms with Gasteiger partial charge in [0.25, 0.3) is 5.91 Å². The Morgan fingerprint density at radius 2 is 1.50 bits per heavy atom. The molecule has 0 bridgehead atoms. The summed E-state index contributed by atoms with van der Waals surface area (Å²) in [6, 6.07) is 20.1. The average Bonchev–Trinajstić information content (AvgIpc) is 2.68. The summed E-state index contributed by atoms with van der Waals surface area (Å²) < 4.78 is 40.0. The van der Waals surface area contributed by atoms with Gasteiger partial charge in [-0.25, -0.2) is 0 Å². The van der Waals surface area contributed by atoms with Gasteiger partial charge in [0.05, 0.1) is 11.3 Å². The molecule has 0 heterocycles. The van der Waals surface area contributed by atoms with E-state index in [4.69, 9.17) is 11.6 Å². The van der Waals surface area contributed by atoms with Gasteiger partial charge < -0.3 is 10.6 Å². The first-order chi connectivity index (χ1) is 13.3. The standard InChI is InChI=1S/C21H16ClF3N2O/c22-15-11-12-18(17(13-15)21(23,24)25)27-20(28)19(14-7-3-1-4-8-14)26-16-9-5-2-6-10-16/h1-13,19,26H,(H,27,28)/t19-/m0/s1. The van der Waals surface area contributed by atoms with Crippen LogP contribution in [0.2, 0.25) is 5.02 Å². The molecule has 3 rings (SSSR count). The van der Waals surface area contributed by atoms with E-state index in [0.717, 1.165) is 12.1 Å². The first-order valence-corrected chi connectivity index (χ1v) is 8.76. The molecule has 2 N–H and O–H groups in total. The first-order valence-electron chi connectivity index (χ1n) is 8.39. The van der Waals surface area contributed by atoms with Gasteiger partial charge in [-0.1, -0.05) is 60.1 Å². The van der Waals surface area contributed by atoms with Gasteiger partial charge in [-0.3, -0.25) is 4.79 Å². The summed E-state index contributed by atoms with van der Waals surface area (Å²) in [4.78, 5) is 12.9. The molecule has 0 saturated carbocycles. The summed E-state index contributed by atoms with van der Waals surface area (Å²) in [5.41, 5.74) is -0.0670. The molecule has 7 heteroatoms. The maximum Gasteiger partial charge on any atom is 0.418 e. The van der Waals surface area contributed by atoms with Gasteiger partial charge in [0.2, 0.25) is 0 Å². The van der Waals surface area contributed by atoms with Gasteiger partial charge in [0, 0.05) is 10.7 Å². The highest BCUT2D eigenvalue weighted by Crippen LogP contribution is 2.37. The molecule has 0 aliphatic heterocycles. The zero-order valence-corrected chi connectivity index (χ0v) is 15.3. The van der Waals surface area contributed by atoms with E-state index in [0.29, 0.717) is 11.3 Å². The fourth-order valence-corrected chi connectivity index (χ4v) is 2.88. The van der Waals surface area contributed by atoms with Crippen LogP contribution < -0.4 is 10.6 Å². The van der Waals surface area contributed by atoms with E-state index in [1.165, 1.54) is 6.07 Å². The SMILES string of the molecule is O=C(Nc1ccc(Cl)cc1C(F)(F)F)[C@@H](Nc1ccccc1)c1ccccc1. The second-order valence-corrected chi connectivity index (χ2v) is 6.47. The summed E-state index contributed by atoms with van der Waals surface area (Å²) in [7, 11) is 0. The summed E-state index contributed by atoms with van der Waals surface area (Å²) in [6.45, 7) is 0. The van der Waals surface area contributed by atoms with Crippen LogP contribution in [0.5, 0.6) is 0 Å². The van der Waals surface area contributed by atoms with Gasteiger partial charge in [-0.05, 0) is 35.9 Å². The number of hydrogen-bond donors (Lipinski definition) is 2. The predicted octanol–water partition coefficient (Wildman–Crippen LogP) is 6.15. The van der Waals surface area contributed by atoms with E-state index in [9.17, 15) is 18.0 Å². The van der Waals surface area contributed by atoms with E-state index in [1.807, 2.05) is 6.07 Å². The molecular weight excluding hydrogens is 389 g/mol. The molecule has 28 heavy (non-hydrogen) atoms. The lowest BCUT2D eigenvalue weighted by Gasteiger charge is -2.21. The fraction of sp³-hybridized carbons (Fsp3) is 0.0952. The van der Waals surface area contributed by atoms with Crippen LogP contribution >= 0.6 is 11.6 Å². The largest absolute Gasteiger partial charge is 0.418 e. The third-order valence-electron chi connectivity index (χ3n) is 4.02. The van der Waals surface area contributed by atoms with Crippen molar-refractivity contribution in [2.24, 2.45) is 0 Å². The minimum absolute atomic E-state index is 0.0626. The second kappa shape index (κ2) is 8.35. The Kier molecular flexibility index (Phi) is 5.90. The lowest BCUT2D eigenvalue weighted by Crippen LogP contribution is -2.28. The van der Waals surface area contributed by atoms with E-state index in [2.05, 4.69) is 10.6 Å². The lowest BCUT2D eigenvalue weighted by molar-refractivity contribution is -0.137. The molecule has 0 aromatic heterocycles. The highest BCUT2D eigenvalue weighted by Gasteiger charge is 2.35. The molecule has 0 fully saturated rings. The Hall–Kier alpha value is -2.99. The van der Waals surface area contributed by atoms with Gasteiger partial charge in [0.1, 0.15) is 6.04 Å². The van der Waals surface area contributed by atoms with Crippen LogP contribution in [-0.4, -0.2) is 5.91 Å². The highest BCUT2D eigenvalue weighted by molar-refractivity contribution is 6.30. The number of hydrogen-bond acceptors (Lipinski definition) is 2. The van der Waals surface area contributed by atoms with Crippen molar-refractivity contribution in [1.82, 2.24) is 0 Å². The minimum Gasteiger partial charge on any atom is -0.370 e. The van der Waals surface area contributed by atoms with Crippen LogP contribution in [0, 0.1) is 0 Å². The molecule has 1 atom stereocenters. The smallest absolute Gasteiger partial charge is 0.370 e. The Labute approximate surface area is 165 Å². The molecule has 0 saturated heterocycles.